The standard InChI is InChI=1S/C14H12ClNO2/c15-11-6-2-4-9-3-1-5-10(14(9)11)12-7-16-13(17)8-18-12/h1-6,12H,7-8H2,(H,16,17)/t12-/m1/s1. The first-order valence-corrected chi connectivity index (χ1v) is 6.19. The Labute approximate surface area is 110 Å². The van der Waals surface area contributed by atoms with Crippen molar-refractivity contribution in [1.82, 2.24) is 5.32 Å². The normalized spacial score (nSPS) is 19.8. The van der Waals surface area contributed by atoms with Gasteiger partial charge in [-0.2, -0.15) is 0 Å². The maximum absolute atomic E-state index is 11.1. The number of carbonyl (C=O) groups is 1. The SMILES string of the molecule is O=C1CO[C@@H](c2cccc3cccc(Cl)c23)CN1. The third-order valence-electron chi connectivity index (χ3n) is 3.13. The number of halogens is 1. The number of hydrogen-bond donors (Lipinski definition) is 1. The van der Waals surface area contributed by atoms with E-state index in [4.69, 9.17) is 16.3 Å². The molecule has 0 spiro atoms. The summed E-state index contributed by atoms with van der Waals surface area (Å²) in [5.41, 5.74) is 1.03. The van der Waals surface area contributed by atoms with E-state index in [0.717, 1.165) is 16.3 Å². The lowest BCUT2D eigenvalue weighted by molar-refractivity contribution is -0.133. The Morgan fingerprint density at radius 3 is 2.72 bits per heavy atom. The van der Waals surface area contributed by atoms with Gasteiger partial charge in [-0.05, 0) is 17.0 Å². The monoisotopic (exact) mass is 261 g/mol. The molecular formula is C14H12ClNO2. The molecule has 3 nitrogen and oxygen atoms in total. The molecule has 0 saturated carbocycles. The van der Waals surface area contributed by atoms with Gasteiger partial charge in [0, 0.05) is 17.0 Å². The summed E-state index contributed by atoms with van der Waals surface area (Å²) < 4.78 is 5.57. The van der Waals surface area contributed by atoms with Crippen LogP contribution in [-0.2, 0) is 9.53 Å². The van der Waals surface area contributed by atoms with Crippen molar-refractivity contribution in [3.05, 3.63) is 47.0 Å². The maximum atomic E-state index is 11.1. The molecule has 0 radical (unpaired) electrons. The highest BCUT2D eigenvalue weighted by Gasteiger charge is 2.22. The molecule has 0 bridgehead atoms. The van der Waals surface area contributed by atoms with E-state index in [1.807, 2.05) is 36.4 Å². The molecule has 1 amide bonds. The number of nitrogens with one attached hydrogen (secondary N) is 1. The zero-order valence-electron chi connectivity index (χ0n) is 9.65. The molecule has 1 N–H and O–H groups in total. The molecule has 0 unspecified atom stereocenters. The van der Waals surface area contributed by atoms with Gasteiger partial charge in [0.1, 0.15) is 12.7 Å². The molecule has 1 aliphatic rings. The Balaban J connectivity index is 2.09. The minimum atomic E-state index is -0.133. The van der Waals surface area contributed by atoms with Crippen molar-refractivity contribution in [3.8, 4) is 0 Å². The van der Waals surface area contributed by atoms with E-state index >= 15 is 0 Å². The van der Waals surface area contributed by atoms with Crippen LogP contribution < -0.4 is 5.32 Å². The zero-order chi connectivity index (χ0) is 12.5. The van der Waals surface area contributed by atoms with Crippen LogP contribution >= 0.6 is 11.6 Å². The van der Waals surface area contributed by atoms with Gasteiger partial charge in [0.15, 0.2) is 0 Å². The second-order valence-electron chi connectivity index (χ2n) is 4.29. The fourth-order valence-corrected chi connectivity index (χ4v) is 2.57. The summed E-state index contributed by atoms with van der Waals surface area (Å²) in [5, 5.41) is 5.61. The van der Waals surface area contributed by atoms with Crippen LogP contribution in [0, 0.1) is 0 Å². The van der Waals surface area contributed by atoms with Gasteiger partial charge in [0.2, 0.25) is 5.91 Å². The van der Waals surface area contributed by atoms with Gasteiger partial charge >= 0.3 is 0 Å². The van der Waals surface area contributed by atoms with E-state index in [9.17, 15) is 4.79 Å². The highest BCUT2D eigenvalue weighted by atomic mass is 35.5. The van der Waals surface area contributed by atoms with Crippen LogP contribution in [-0.4, -0.2) is 19.1 Å². The predicted molar refractivity (Wildman–Crippen MR) is 70.7 cm³/mol. The number of carbonyl (C=O) groups excluding carboxylic acids is 1. The summed E-state index contributed by atoms with van der Waals surface area (Å²) in [6.07, 6.45) is -0.133. The summed E-state index contributed by atoms with van der Waals surface area (Å²) in [6, 6.07) is 11.8. The molecule has 1 atom stereocenters. The third-order valence-corrected chi connectivity index (χ3v) is 3.45. The Bertz CT molecular complexity index is 597. The molecule has 4 heteroatoms. The molecule has 2 aromatic carbocycles. The van der Waals surface area contributed by atoms with Crippen molar-refractivity contribution in [2.45, 2.75) is 6.10 Å². The van der Waals surface area contributed by atoms with Crippen molar-refractivity contribution in [2.24, 2.45) is 0 Å². The molecule has 18 heavy (non-hydrogen) atoms. The average molecular weight is 262 g/mol. The minimum Gasteiger partial charge on any atom is -0.362 e. The predicted octanol–water partition coefficient (Wildman–Crippen LogP) is 2.68. The molecule has 92 valence electrons. The number of fused-ring (bicyclic) bond motifs is 1. The second kappa shape index (κ2) is 4.59. The van der Waals surface area contributed by atoms with Gasteiger partial charge < -0.3 is 10.1 Å². The largest absolute Gasteiger partial charge is 0.362 e. The van der Waals surface area contributed by atoms with Gasteiger partial charge in [-0.1, -0.05) is 41.9 Å². The molecule has 0 aliphatic carbocycles. The van der Waals surface area contributed by atoms with E-state index in [1.165, 1.54) is 0 Å². The van der Waals surface area contributed by atoms with Crippen molar-refractivity contribution in [2.75, 3.05) is 13.2 Å². The van der Waals surface area contributed by atoms with Gasteiger partial charge in [-0.15, -0.1) is 0 Å². The topological polar surface area (TPSA) is 38.3 Å². The summed E-state index contributed by atoms with van der Waals surface area (Å²) in [5.74, 6) is -0.0717. The average Bonchev–Trinajstić information content (AvgIpc) is 2.39. The van der Waals surface area contributed by atoms with E-state index < -0.39 is 0 Å². The molecule has 2 aromatic rings. The van der Waals surface area contributed by atoms with E-state index in [2.05, 4.69) is 5.32 Å². The summed E-state index contributed by atoms with van der Waals surface area (Å²) in [6.45, 7) is 0.592. The highest BCUT2D eigenvalue weighted by molar-refractivity contribution is 6.35. The number of amides is 1. The summed E-state index contributed by atoms with van der Waals surface area (Å²) in [4.78, 5) is 11.1. The third kappa shape index (κ3) is 1.96. The van der Waals surface area contributed by atoms with Crippen LogP contribution in [0.5, 0.6) is 0 Å². The number of ether oxygens (including phenoxy) is 1. The van der Waals surface area contributed by atoms with Crippen LogP contribution in [0.15, 0.2) is 36.4 Å². The number of rotatable bonds is 1. The van der Waals surface area contributed by atoms with Crippen molar-refractivity contribution >= 4 is 28.3 Å². The number of morpholine rings is 1. The molecule has 1 aliphatic heterocycles. The number of benzene rings is 2. The molecular weight excluding hydrogens is 250 g/mol. The number of hydrogen-bond acceptors (Lipinski definition) is 2. The lowest BCUT2D eigenvalue weighted by Crippen LogP contribution is -2.38. The van der Waals surface area contributed by atoms with Crippen LogP contribution in [0.2, 0.25) is 5.02 Å². The Morgan fingerprint density at radius 1 is 1.22 bits per heavy atom. The molecule has 3 rings (SSSR count). The Hall–Kier alpha value is -1.58. The van der Waals surface area contributed by atoms with E-state index in [-0.39, 0.29) is 18.6 Å². The molecule has 1 saturated heterocycles. The maximum Gasteiger partial charge on any atom is 0.246 e. The fourth-order valence-electron chi connectivity index (χ4n) is 2.28. The summed E-state index contributed by atoms with van der Waals surface area (Å²) >= 11 is 6.27. The Morgan fingerprint density at radius 2 is 2.00 bits per heavy atom. The first kappa shape index (κ1) is 11.5. The second-order valence-corrected chi connectivity index (χ2v) is 4.70. The zero-order valence-corrected chi connectivity index (χ0v) is 10.4. The van der Waals surface area contributed by atoms with E-state index in [1.54, 1.807) is 0 Å². The minimum absolute atomic E-state index is 0.0717. The quantitative estimate of drug-likeness (QED) is 0.857. The van der Waals surface area contributed by atoms with E-state index in [0.29, 0.717) is 11.6 Å². The first-order valence-electron chi connectivity index (χ1n) is 5.81. The van der Waals surface area contributed by atoms with Gasteiger partial charge in [-0.3, -0.25) is 4.79 Å². The van der Waals surface area contributed by atoms with Crippen molar-refractivity contribution in [3.63, 3.8) is 0 Å². The molecule has 1 heterocycles. The van der Waals surface area contributed by atoms with Crippen LogP contribution in [0.3, 0.4) is 0 Å². The smallest absolute Gasteiger partial charge is 0.246 e. The summed E-state index contributed by atoms with van der Waals surface area (Å²) in [7, 11) is 0. The van der Waals surface area contributed by atoms with Gasteiger partial charge in [0.05, 0.1) is 0 Å². The van der Waals surface area contributed by atoms with Gasteiger partial charge in [-0.25, -0.2) is 0 Å². The molecule has 1 fully saturated rings. The van der Waals surface area contributed by atoms with Crippen LogP contribution in [0.25, 0.3) is 10.8 Å². The highest BCUT2D eigenvalue weighted by Crippen LogP contribution is 2.32. The lowest BCUT2D eigenvalue weighted by Gasteiger charge is -2.24. The van der Waals surface area contributed by atoms with Crippen LogP contribution in [0.1, 0.15) is 11.7 Å². The van der Waals surface area contributed by atoms with Gasteiger partial charge in [0.25, 0.3) is 0 Å². The Kier molecular flexibility index (Phi) is 2.94. The van der Waals surface area contributed by atoms with Crippen molar-refractivity contribution in [1.29, 1.82) is 0 Å². The first-order chi connectivity index (χ1) is 8.75. The lowest BCUT2D eigenvalue weighted by atomic mass is 9.99. The van der Waals surface area contributed by atoms with Crippen molar-refractivity contribution < 1.29 is 9.53 Å². The van der Waals surface area contributed by atoms with Crippen LogP contribution in [0.4, 0.5) is 0 Å². The molecule has 0 aromatic heterocycles. The fraction of sp³-hybridized carbons (Fsp3) is 0.214.